The number of hydrogen-bond acceptors (Lipinski definition) is 3. The fourth-order valence-corrected chi connectivity index (χ4v) is 2.44. The van der Waals surface area contributed by atoms with Gasteiger partial charge in [0.05, 0.1) is 17.7 Å². The lowest BCUT2D eigenvalue weighted by Gasteiger charge is -2.23. The van der Waals surface area contributed by atoms with Gasteiger partial charge in [0.2, 0.25) is 0 Å². The Morgan fingerprint density at radius 1 is 1.35 bits per heavy atom. The lowest BCUT2D eigenvalue weighted by atomic mass is 9.98. The van der Waals surface area contributed by atoms with E-state index >= 15 is 0 Å². The van der Waals surface area contributed by atoms with E-state index < -0.39 is 17.4 Å². The van der Waals surface area contributed by atoms with Crippen LogP contribution in [-0.2, 0) is 9.53 Å². The molecule has 0 spiro atoms. The Labute approximate surface area is 114 Å². The Morgan fingerprint density at radius 2 is 2.20 bits per heavy atom. The molecule has 3 N–H and O–H groups in total. The van der Waals surface area contributed by atoms with Crippen molar-refractivity contribution in [2.75, 3.05) is 13.2 Å². The summed E-state index contributed by atoms with van der Waals surface area (Å²) in [5, 5.41) is 12.8. The zero-order chi connectivity index (χ0) is 14.2. The average Bonchev–Trinajstić information content (AvgIpc) is 3.06. The summed E-state index contributed by atoms with van der Waals surface area (Å²) in [6, 6.07) is 7.18. The van der Waals surface area contributed by atoms with Crippen LogP contribution in [0.1, 0.15) is 16.8 Å². The number of rotatable bonds is 3. The van der Waals surface area contributed by atoms with Gasteiger partial charge in [0, 0.05) is 24.6 Å². The SMILES string of the molecule is O=C(NC1(C(=O)O)CCOC1)c1cccc2cc[nH]c12. The number of amides is 1. The molecule has 1 atom stereocenters. The van der Waals surface area contributed by atoms with E-state index in [9.17, 15) is 14.7 Å². The minimum absolute atomic E-state index is 0.00518. The number of carbonyl (C=O) groups is 2. The summed E-state index contributed by atoms with van der Waals surface area (Å²) < 4.78 is 5.13. The van der Waals surface area contributed by atoms with Crippen LogP contribution in [0, 0.1) is 0 Å². The first-order chi connectivity index (χ1) is 9.62. The Balaban J connectivity index is 1.93. The zero-order valence-electron chi connectivity index (χ0n) is 10.7. The number of ether oxygens (including phenoxy) is 1. The molecule has 0 radical (unpaired) electrons. The maximum atomic E-state index is 12.4. The number of para-hydroxylation sites is 1. The van der Waals surface area contributed by atoms with Crippen molar-refractivity contribution in [2.45, 2.75) is 12.0 Å². The predicted octanol–water partition coefficient (Wildman–Crippen LogP) is 1.14. The topological polar surface area (TPSA) is 91.4 Å². The van der Waals surface area contributed by atoms with Crippen molar-refractivity contribution in [1.82, 2.24) is 10.3 Å². The maximum Gasteiger partial charge on any atom is 0.331 e. The number of H-pyrrole nitrogens is 1. The van der Waals surface area contributed by atoms with Crippen molar-refractivity contribution in [1.29, 1.82) is 0 Å². The van der Waals surface area contributed by atoms with Gasteiger partial charge in [-0.3, -0.25) is 4.79 Å². The molecule has 2 heterocycles. The van der Waals surface area contributed by atoms with Crippen LogP contribution < -0.4 is 5.32 Å². The van der Waals surface area contributed by atoms with E-state index in [0.717, 1.165) is 5.39 Å². The first-order valence-electron chi connectivity index (χ1n) is 6.32. The molecule has 1 amide bonds. The van der Waals surface area contributed by atoms with E-state index in [4.69, 9.17) is 4.74 Å². The fourth-order valence-electron chi connectivity index (χ4n) is 2.44. The van der Waals surface area contributed by atoms with Crippen LogP contribution in [0.25, 0.3) is 10.9 Å². The van der Waals surface area contributed by atoms with Gasteiger partial charge in [0.1, 0.15) is 0 Å². The second kappa shape index (κ2) is 4.64. The van der Waals surface area contributed by atoms with Gasteiger partial charge < -0.3 is 20.1 Å². The van der Waals surface area contributed by atoms with Crippen LogP contribution in [0.5, 0.6) is 0 Å². The number of carboxylic acid groups (broad SMARTS) is 1. The van der Waals surface area contributed by atoms with E-state index in [-0.39, 0.29) is 13.0 Å². The number of benzene rings is 1. The van der Waals surface area contributed by atoms with Crippen molar-refractivity contribution in [3.05, 3.63) is 36.0 Å². The van der Waals surface area contributed by atoms with Crippen molar-refractivity contribution >= 4 is 22.8 Å². The van der Waals surface area contributed by atoms with Crippen molar-refractivity contribution in [3.8, 4) is 0 Å². The van der Waals surface area contributed by atoms with E-state index in [2.05, 4.69) is 10.3 Å². The molecule has 104 valence electrons. The second-order valence-corrected chi connectivity index (χ2v) is 4.89. The first-order valence-corrected chi connectivity index (χ1v) is 6.32. The quantitative estimate of drug-likeness (QED) is 0.782. The summed E-state index contributed by atoms with van der Waals surface area (Å²) in [5.74, 6) is -1.48. The molecule has 3 rings (SSSR count). The zero-order valence-corrected chi connectivity index (χ0v) is 10.7. The molecule has 1 unspecified atom stereocenters. The van der Waals surface area contributed by atoms with Crippen LogP contribution in [-0.4, -0.2) is 40.7 Å². The van der Waals surface area contributed by atoms with Gasteiger partial charge in [0.25, 0.3) is 5.91 Å². The molecule has 2 aromatic rings. The highest BCUT2D eigenvalue weighted by Gasteiger charge is 2.44. The molecule has 1 aromatic carbocycles. The normalized spacial score (nSPS) is 22.0. The molecule has 6 heteroatoms. The molecular weight excluding hydrogens is 260 g/mol. The van der Waals surface area contributed by atoms with Crippen LogP contribution in [0.2, 0.25) is 0 Å². The molecule has 0 bridgehead atoms. The van der Waals surface area contributed by atoms with Gasteiger partial charge in [-0.2, -0.15) is 0 Å². The number of fused-ring (bicyclic) bond motifs is 1. The Morgan fingerprint density at radius 3 is 2.90 bits per heavy atom. The third kappa shape index (κ3) is 1.94. The largest absolute Gasteiger partial charge is 0.479 e. The number of nitrogens with one attached hydrogen (secondary N) is 2. The molecule has 1 aromatic heterocycles. The molecule has 1 aliphatic heterocycles. The van der Waals surface area contributed by atoms with Gasteiger partial charge in [-0.15, -0.1) is 0 Å². The summed E-state index contributed by atoms with van der Waals surface area (Å²) in [6.07, 6.45) is 2.02. The molecule has 1 fully saturated rings. The van der Waals surface area contributed by atoms with Crippen LogP contribution in [0.15, 0.2) is 30.5 Å². The highest BCUT2D eigenvalue weighted by atomic mass is 16.5. The molecule has 0 aliphatic carbocycles. The molecule has 20 heavy (non-hydrogen) atoms. The molecular formula is C14H14N2O4. The van der Waals surface area contributed by atoms with Gasteiger partial charge in [-0.25, -0.2) is 4.79 Å². The predicted molar refractivity (Wildman–Crippen MR) is 71.6 cm³/mol. The minimum Gasteiger partial charge on any atom is -0.479 e. The lowest BCUT2D eigenvalue weighted by molar-refractivity contribution is -0.144. The third-order valence-corrected chi connectivity index (χ3v) is 3.62. The number of aromatic amines is 1. The summed E-state index contributed by atoms with van der Waals surface area (Å²) >= 11 is 0. The average molecular weight is 274 g/mol. The van der Waals surface area contributed by atoms with Crippen molar-refractivity contribution in [3.63, 3.8) is 0 Å². The fraction of sp³-hybridized carbons (Fsp3) is 0.286. The molecule has 0 saturated carbocycles. The Hall–Kier alpha value is -2.34. The van der Waals surface area contributed by atoms with Gasteiger partial charge >= 0.3 is 5.97 Å². The number of aromatic nitrogens is 1. The Bertz CT molecular complexity index is 671. The maximum absolute atomic E-state index is 12.4. The molecule has 1 saturated heterocycles. The summed E-state index contributed by atoms with van der Waals surface area (Å²) in [7, 11) is 0. The van der Waals surface area contributed by atoms with E-state index in [0.29, 0.717) is 17.7 Å². The monoisotopic (exact) mass is 274 g/mol. The smallest absolute Gasteiger partial charge is 0.331 e. The lowest BCUT2D eigenvalue weighted by Crippen LogP contribution is -2.55. The number of hydrogen-bond donors (Lipinski definition) is 3. The van der Waals surface area contributed by atoms with Crippen LogP contribution >= 0.6 is 0 Å². The van der Waals surface area contributed by atoms with Crippen molar-refractivity contribution < 1.29 is 19.4 Å². The van der Waals surface area contributed by atoms with Crippen molar-refractivity contribution in [2.24, 2.45) is 0 Å². The van der Waals surface area contributed by atoms with E-state index in [1.54, 1.807) is 18.3 Å². The summed E-state index contributed by atoms with van der Waals surface area (Å²) in [4.78, 5) is 26.8. The van der Waals surface area contributed by atoms with Gasteiger partial charge in [-0.05, 0) is 12.1 Å². The van der Waals surface area contributed by atoms with Gasteiger partial charge in [-0.1, -0.05) is 12.1 Å². The minimum atomic E-state index is -1.33. The standard InChI is InChI=1S/C14H14N2O4/c17-12(16-14(13(18)19)5-7-20-8-14)10-3-1-2-9-4-6-15-11(9)10/h1-4,6,15H,5,7-8H2,(H,16,17)(H,18,19). The van der Waals surface area contributed by atoms with Gasteiger partial charge in [0.15, 0.2) is 5.54 Å². The molecule has 1 aliphatic rings. The third-order valence-electron chi connectivity index (χ3n) is 3.62. The van der Waals surface area contributed by atoms with Crippen LogP contribution in [0.3, 0.4) is 0 Å². The first kappa shape index (κ1) is 12.7. The second-order valence-electron chi connectivity index (χ2n) is 4.89. The number of carboxylic acids is 1. The van der Waals surface area contributed by atoms with Crippen LogP contribution in [0.4, 0.5) is 0 Å². The Kier molecular flexibility index (Phi) is 2.94. The van der Waals surface area contributed by atoms with E-state index in [1.165, 1.54) is 0 Å². The molecule has 6 nitrogen and oxygen atoms in total. The number of aliphatic carboxylic acids is 1. The summed E-state index contributed by atoms with van der Waals surface area (Å²) in [6.45, 7) is 0.327. The van der Waals surface area contributed by atoms with E-state index in [1.807, 2.05) is 12.1 Å². The summed E-state index contributed by atoms with van der Waals surface area (Å²) in [5.41, 5.74) is -0.198. The highest BCUT2D eigenvalue weighted by Crippen LogP contribution is 2.22. The number of carbonyl (C=O) groups excluding carboxylic acids is 1. The highest BCUT2D eigenvalue weighted by molar-refractivity contribution is 6.07.